The van der Waals surface area contributed by atoms with E-state index in [1.54, 1.807) is 7.11 Å². The van der Waals surface area contributed by atoms with E-state index in [0.717, 1.165) is 31.4 Å². The van der Waals surface area contributed by atoms with Crippen LogP contribution in [0.1, 0.15) is 37.7 Å². The van der Waals surface area contributed by atoms with Gasteiger partial charge in [0.25, 0.3) is 0 Å². The zero-order valence-electron chi connectivity index (χ0n) is 14.1. The number of hydrogen-bond donors (Lipinski definition) is 2. The van der Waals surface area contributed by atoms with Crippen LogP contribution in [0.5, 0.6) is 11.5 Å². The Morgan fingerprint density at radius 1 is 1.38 bits per heavy atom. The van der Waals surface area contributed by atoms with Crippen LogP contribution in [0, 0.1) is 11.3 Å². The summed E-state index contributed by atoms with van der Waals surface area (Å²) in [5.74, 6) is 1.41. The van der Waals surface area contributed by atoms with Gasteiger partial charge in [-0.1, -0.05) is 6.07 Å². The SMILES string of the molecule is COc1ccc(CNC2CCCCNC2=O)cc1OCCCC#N. The molecule has 6 heteroatoms. The van der Waals surface area contributed by atoms with Crippen LogP contribution in [-0.4, -0.2) is 32.2 Å². The van der Waals surface area contributed by atoms with E-state index >= 15 is 0 Å². The highest BCUT2D eigenvalue weighted by atomic mass is 16.5. The van der Waals surface area contributed by atoms with Crippen molar-refractivity contribution in [3.05, 3.63) is 23.8 Å². The van der Waals surface area contributed by atoms with Gasteiger partial charge in [0.1, 0.15) is 0 Å². The number of nitrogens with zero attached hydrogens (tertiary/aromatic N) is 1. The Kier molecular flexibility index (Phi) is 7.37. The third-order valence-electron chi connectivity index (χ3n) is 4.01. The van der Waals surface area contributed by atoms with Gasteiger partial charge in [-0.2, -0.15) is 5.26 Å². The molecule has 1 fully saturated rings. The van der Waals surface area contributed by atoms with Gasteiger partial charge in [-0.15, -0.1) is 0 Å². The highest BCUT2D eigenvalue weighted by Gasteiger charge is 2.19. The largest absolute Gasteiger partial charge is 0.493 e. The molecule has 1 aliphatic heterocycles. The quantitative estimate of drug-likeness (QED) is 0.713. The molecule has 130 valence electrons. The first-order valence-corrected chi connectivity index (χ1v) is 8.42. The van der Waals surface area contributed by atoms with Crippen molar-refractivity contribution in [1.82, 2.24) is 10.6 Å². The lowest BCUT2D eigenvalue weighted by Crippen LogP contribution is -2.42. The van der Waals surface area contributed by atoms with Crippen LogP contribution in [0.2, 0.25) is 0 Å². The zero-order chi connectivity index (χ0) is 17.2. The number of carbonyl (C=O) groups excluding carboxylic acids is 1. The second-order valence-corrected chi connectivity index (χ2v) is 5.82. The molecule has 0 bridgehead atoms. The van der Waals surface area contributed by atoms with Crippen LogP contribution in [0.3, 0.4) is 0 Å². The molecule has 0 radical (unpaired) electrons. The predicted octanol–water partition coefficient (Wildman–Crippen LogP) is 2.14. The Bertz CT molecular complexity index is 583. The topological polar surface area (TPSA) is 83.4 Å². The molecule has 1 amide bonds. The van der Waals surface area contributed by atoms with Crippen molar-refractivity contribution in [2.45, 2.75) is 44.7 Å². The lowest BCUT2D eigenvalue weighted by molar-refractivity contribution is -0.122. The molecule has 0 aromatic heterocycles. The summed E-state index contributed by atoms with van der Waals surface area (Å²) in [7, 11) is 1.60. The van der Waals surface area contributed by atoms with E-state index in [9.17, 15) is 4.79 Å². The van der Waals surface area contributed by atoms with E-state index in [1.807, 2.05) is 18.2 Å². The Morgan fingerprint density at radius 3 is 3.04 bits per heavy atom. The maximum atomic E-state index is 12.0. The van der Waals surface area contributed by atoms with Crippen LogP contribution >= 0.6 is 0 Å². The second-order valence-electron chi connectivity index (χ2n) is 5.82. The maximum Gasteiger partial charge on any atom is 0.237 e. The maximum absolute atomic E-state index is 12.0. The third kappa shape index (κ3) is 5.43. The molecule has 0 aliphatic carbocycles. The highest BCUT2D eigenvalue weighted by molar-refractivity contribution is 5.81. The lowest BCUT2D eigenvalue weighted by atomic mass is 10.1. The third-order valence-corrected chi connectivity index (χ3v) is 4.01. The summed E-state index contributed by atoms with van der Waals surface area (Å²) in [5, 5.41) is 14.8. The van der Waals surface area contributed by atoms with Gasteiger partial charge in [-0.25, -0.2) is 0 Å². The number of benzene rings is 1. The molecule has 0 spiro atoms. The number of nitrogens with one attached hydrogen (secondary N) is 2. The van der Waals surface area contributed by atoms with Gasteiger partial charge in [0, 0.05) is 19.5 Å². The van der Waals surface area contributed by atoms with Crippen molar-refractivity contribution >= 4 is 5.91 Å². The number of carbonyl (C=O) groups is 1. The minimum atomic E-state index is -0.144. The standard InChI is InChI=1S/C18H25N3O3/c1-23-16-8-7-14(12-17(16)24-11-5-3-9-19)13-21-15-6-2-4-10-20-18(15)22/h7-8,12,15,21H,2-6,10-11,13H2,1H3,(H,20,22). The summed E-state index contributed by atoms with van der Waals surface area (Å²) in [6, 6.07) is 7.71. The fourth-order valence-corrected chi connectivity index (χ4v) is 2.65. The molecule has 1 aliphatic rings. The first kappa shape index (κ1) is 18.1. The van der Waals surface area contributed by atoms with Crippen molar-refractivity contribution in [2.75, 3.05) is 20.3 Å². The number of amides is 1. The molecule has 2 rings (SSSR count). The molecule has 1 unspecified atom stereocenters. The Hall–Kier alpha value is -2.26. The molecule has 6 nitrogen and oxygen atoms in total. The summed E-state index contributed by atoms with van der Waals surface area (Å²) >= 11 is 0. The van der Waals surface area contributed by atoms with Crippen LogP contribution in [0.15, 0.2) is 18.2 Å². The fourth-order valence-electron chi connectivity index (χ4n) is 2.65. The Morgan fingerprint density at radius 2 is 2.25 bits per heavy atom. The monoisotopic (exact) mass is 331 g/mol. The van der Waals surface area contributed by atoms with Crippen LogP contribution in [0.25, 0.3) is 0 Å². The fraction of sp³-hybridized carbons (Fsp3) is 0.556. The van der Waals surface area contributed by atoms with Gasteiger partial charge in [0.05, 0.1) is 25.8 Å². The normalized spacial score (nSPS) is 17.5. The van der Waals surface area contributed by atoms with Gasteiger partial charge < -0.3 is 20.1 Å². The van der Waals surface area contributed by atoms with Crippen molar-refractivity contribution in [1.29, 1.82) is 5.26 Å². The number of unbranched alkanes of at least 4 members (excludes halogenated alkanes) is 1. The number of ether oxygens (including phenoxy) is 2. The van der Waals surface area contributed by atoms with Crippen molar-refractivity contribution < 1.29 is 14.3 Å². The molecule has 1 aromatic rings. The minimum Gasteiger partial charge on any atom is -0.493 e. The van der Waals surface area contributed by atoms with E-state index in [-0.39, 0.29) is 11.9 Å². The number of hydrogen-bond acceptors (Lipinski definition) is 5. The minimum absolute atomic E-state index is 0.0778. The van der Waals surface area contributed by atoms with Gasteiger partial charge in [-0.05, 0) is 43.4 Å². The van der Waals surface area contributed by atoms with E-state index in [2.05, 4.69) is 16.7 Å². The summed E-state index contributed by atoms with van der Waals surface area (Å²) in [4.78, 5) is 12.0. The van der Waals surface area contributed by atoms with Gasteiger partial charge >= 0.3 is 0 Å². The first-order chi connectivity index (χ1) is 11.7. The highest BCUT2D eigenvalue weighted by Crippen LogP contribution is 2.28. The first-order valence-electron chi connectivity index (χ1n) is 8.42. The summed E-state index contributed by atoms with van der Waals surface area (Å²) in [5.41, 5.74) is 1.03. The van der Waals surface area contributed by atoms with Gasteiger partial charge in [-0.3, -0.25) is 4.79 Å². The van der Waals surface area contributed by atoms with E-state index in [4.69, 9.17) is 14.7 Å². The average molecular weight is 331 g/mol. The summed E-state index contributed by atoms with van der Waals surface area (Å²) in [6.07, 6.45) is 4.10. The Labute approximate surface area is 143 Å². The van der Waals surface area contributed by atoms with E-state index in [0.29, 0.717) is 37.5 Å². The number of nitriles is 1. The van der Waals surface area contributed by atoms with Crippen LogP contribution < -0.4 is 20.1 Å². The van der Waals surface area contributed by atoms with Crippen molar-refractivity contribution in [3.63, 3.8) is 0 Å². The Balaban J connectivity index is 1.94. The summed E-state index contributed by atoms with van der Waals surface area (Å²) in [6.45, 7) is 1.84. The molecular weight excluding hydrogens is 306 g/mol. The second kappa shape index (κ2) is 9.78. The molecule has 1 aromatic carbocycles. The predicted molar refractivity (Wildman–Crippen MR) is 90.8 cm³/mol. The summed E-state index contributed by atoms with van der Waals surface area (Å²) < 4.78 is 11.0. The number of methoxy groups -OCH3 is 1. The smallest absolute Gasteiger partial charge is 0.237 e. The molecule has 1 heterocycles. The lowest BCUT2D eigenvalue weighted by Gasteiger charge is -2.16. The van der Waals surface area contributed by atoms with E-state index in [1.165, 1.54) is 0 Å². The van der Waals surface area contributed by atoms with Crippen LogP contribution in [0.4, 0.5) is 0 Å². The molecule has 24 heavy (non-hydrogen) atoms. The molecule has 2 N–H and O–H groups in total. The van der Waals surface area contributed by atoms with E-state index < -0.39 is 0 Å². The van der Waals surface area contributed by atoms with Crippen LogP contribution in [-0.2, 0) is 11.3 Å². The molecule has 1 atom stereocenters. The van der Waals surface area contributed by atoms with Gasteiger partial charge in [0.15, 0.2) is 11.5 Å². The average Bonchev–Trinajstić information content (AvgIpc) is 2.81. The molecule has 0 saturated carbocycles. The van der Waals surface area contributed by atoms with Crippen molar-refractivity contribution in [2.24, 2.45) is 0 Å². The molecular formula is C18H25N3O3. The van der Waals surface area contributed by atoms with Gasteiger partial charge in [0.2, 0.25) is 5.91 Å². The zero-order valence-corrected chi connectivity index (χ0v) is 14.1. The molecule has 1 saturated heterocycles. The number of rotatable bonds is 8. The van der Waals surface area contributed by atoms with Crippen molar-refractivity contribution in [3.8, 4) is 17.6 Å².